The van der Waals surface area contributed by atoms with Crippen LogP contribution in [0.4, 0.5) is 11.8 Å². The minimum absolute atomic E-state index is 0.425. The molecule has 6 rings (SSSR count). The summed E-state index contributed by atoms with van der Waals surface area (Å²) in [5.41, 5.74) is 12.3. The van der Waals surface area contributed by atoms with Gasteiger partial charge in [0, 0.05) is 32.9 Å². The van der Waals surface area contributed by atoms with E-state index in [1.54, 1.807) is 24.6 Å². The van der Waals surface area contributed by atoms with Gasteiger partial charge >= 0.3 is 0 Å². The van der Waals surface area contributed by atoms with Crippen molar-refractivity contribution in [3.63, 3.8) is 0 Å². The molecule has 0 aliphatic carbocycles. The number of thiophene rings is 1. The quantitative estimate of drug-likeness (QED) is 0.196. The SMILES string of the molecule is COc1ccc(CN(CCCOCc2ccccc2)c2nc3c(N)nc4cc(-c5ccn[nH]5)sc4c3n2C)cc1. The molecule has 0 amide bonds. The van der Waals surface area contributed by atoms with Gasteiger partial charge in [0.15, 0.2) is 5.82 Å². The normalized spacial score (nSPS) is 11.4. The third-order valence-corrected chi connectivity index (χ3v) is 8.06. The number of nitrogens with zero attached hydrogens (tertiary/aromatic N) is 5. The summed E-state index contributed by atoms with van der Waals surface area (Å²) in [7, 11) is 3.73. The second-order valence-electron chi connectivity index (χ2n) is 9.62. The summed E-state index contributed by atoms with van der Waals surface area (Å²) in [5.74, 6) is 2.10. The molecule has 0 bridgehead atoms. The van der Waals surface area contributed by atoms with Gasteiger partial charge in [-0.2, -0.15) is 5.10 Å². The molecule has 0 fully saturated rings. The molecule has 0 saturated heterocycles. The number of nitrogen functional groups attached to an aromatic ring is 1. The summed E-state index contributed by atoms with van der Waals surface area (Å²) in [6.07, 6.45) is 2.60. The number of H-pyrrole nitrogens is 1. The Bertz CT molecular complexity index is 1710. The molecule has 0 radical (unpaired) electrons. The van der Waals surface area contributed by atoms with Crippen molar-refractivity contribution in [1.82, 2.24) is 24.7 Å². The number of fused-ring (bicyclic) bond motifs is 3. The first-order valence-corrected chi connectivity index (χ1v) is 14.0. The molecule has 10 heteroatoms. The van der Waals surface area contributed by atoms with E-state index in [-0.39, 0.29) is 0 Å². The first kappa shape index (κ1) is 25.8. The first-order chi connectivity index (χ1) is 19.6. The van der Waals surface area contributed by atoms with Crippen molar-refractivity contribution in [1.29, 1.82) is 0 Å². The number of hydrogen-bond donors (Lipinski definition) is 2. The number of nitrogens with two attached hydrogens (primary N) is 1. The van der Waals surface area contributed by atoms with E-state index >= 15 is 0 Å². The maximum Gasteiger partial charge on any atom is 0.206 e. The van der Waals surface area contributed by atoms with Crippen LogP contribution in [0.2, 0.25) is 0 Å². The molecule has 0 spiro atoms. The van der Waals surface area contributed by atoms with Gasteiger partial charge in [-0.15, -0.1) is 11.3 Å². The average molecular weight is 554 g/mol. The van der Waals surface area contributed by atoms with E-state index in [0.717, 1.165) is 56.5 Å². The van der Waals surface area contributed by atoms with Crippen LogP contribution >= 0.6 is 11.3 Å². The zero-order valence-corrected chi connectivity index (χ0v) is 23.3. The van der Waals surface area contributed by atoms with Crippen LogP contribution < -0.4 is 15.4 Å². The Balaban J connectivity index is 1.30. The van der Waals surface area contributed by atoms with E-state index in [9.17, 15) is 0 Å². The lowest BCUT2D eigenvalue weighted by molar-refractivity contribution is 0.119. The summed E-state index contributed by atoms with van der Waals surface area (Å²) < 4.78 is 14.5. The van der Waals surface area contributed by atoms with Gasteiger partial charge in [-0.1, -0.05) is 42.5 Å². The van der Waals surface area contributed by atoms with Crippen LogP contribution in [0.5, 0.6) is 5.75 Å². The zero-order valence-electron chi connectivity index (χ0n) is 22.5. The molecule has 40 heavy (non-hydrogen) atoms. The number of anilines is 2. The molecule has 0 atom stereocenters. The van der Waals surface area contributed by atoms with E-state index in [4.69, 9.17) is 25.2 Å². The lowest BCUT2D eigenvalue weighted by atomic mass is 10.2. The monoisotopic (exact) mass is 553 g/mol. The van der Waals surface area contributed by atoms with Crippen molar-refractivity contribution in [2.24, 2.45) is 7.05 Å². The van der Waals surface area contributed by atoms with Crippen LogP contribution in [0, 0.1) is 0 Å². The van der Waals surface area contributed by atoms with Crippen LogP contribution in [-0.4, -0.2) is 45.0 Å². The van der Waals surface area contributed by atoms with Gasteiger partial charge in [0.1, 0.15) is 11.3 Å². The summed E-state index contributed by atoms with van der Waals surface area (Å²) in [6, 6.07) is 22.4. The Hall–Kier alpha value is -4.41. The molecule has 0 unspecified atom stereocenters. The maximum atomic E-state index is 6.46. The number of nitrogens with one attached hydrogen (secondary N) is 1. The van der Waals surface area contributed by atoms with E-state index < -0.39 is 0 Å². The van der Waals surface area contributed by atoms with Crippen LogP contribution in [0.15, 0.2) is 72.9 Å². The lowest BCUT2D eigenvalue weighted by Gasteiger charge is -2.24. The van der Waals surface area contributed by atoms with Crippen molar-refractivity contribution in [2.75, 3.05) is 30.9 Å². The smallest absolute Gasteiger partial charge is 0.206 e. The highest BCUT2D eigenvalue weighted by molar-refractivity contribution is 7.23. The van der Waals surface area contributed by atoms with E-state index in [1.165, 1.54) is 5.56 Å². The predicted molar refractivity (Wildman–Crippen MR) is 161 cm³/mol. The fourth-order valence-electron chi connectivity index (χ4n) is 4.87. The maximum absolute atomic E-state index is 6.46. The Labute approximate surface area is 236 Å². The van der Waals surface area contributed by atoms with Crippen LogP contribution in [-0.2, 0) is 24.9 Å². The molecule has 0 aliphatic rings. The molecule has 9 nitrogen and oxygen atoms in total. The number of rotatable bonds is 11. The number of pyridine rings is 1. The number of imidazole rings is 1. The molecule has 4 heterocycles. The largest absolute Gasteiger partial charge is 0.497 e. The Kier molecular flexibility index (Phi) is 7.35. The summed E-state index contributed by atoms with van der Waals surface area (Å²) in [4.78, 5) is 13.1. The molecule has 0 saturated carbocycles. The Morgan fingerprint density at radius 3 is 2.60 bits per heavy atom. The molecule has 0 aliphatic heterocycles. The van der Waals surface area contributed by atoms with Gasteiger partial charge in [0.05, 0.1) is 40.0 Å². The third kappa shape index (κ3) is 5.23. The number of hydrogen-bond acceptors (Lipinski definition) is 8. The second kappa shape index (κ2) is 11.4. The van der Waals surface area contributed by atoms with Crippen molar-refractivity contribution >= 4 is 44.4 Å². The number of methoxy groups -OCH3 is 1. The fraction of sp³-hybridized carbons (Fsp3) is 0.233. The second-order valence-corrected chi connectivity index (χ2v) is 10.7. The topological polar surface area (TPSA) is 107 Å². The van der Waals surface area contributed by atoms with Crippen molar-refractivity contribution in [3.05, 3.63) is 84.1 Å². The highest BCUT2D eigenvalue weighted by Gasteiger charge is 2.22. The van der Waals surface area contributed by atoms with Crippen LogP contribution in [0.3, 0.4) is 0 Å². The molecule has 3 N–H and O–H groups in total. The first-order valence-electron chi connectivity index (χ1n) is 13.2. The standard InChI is InChI=1S/C30H31N7O2S/c1-36-27-26(29(31)33-24-17-25(40-28(24)27)23-13-14-32-35-23)34-30(36)37(18-20-9-11-22(38-2)12-10-20)15-6-16-39-19-21-7-4-3-5-8-21/h3-5,7-14,17H,6,15-16,18-19H2,1-2H3,(H2,31,33)(H,32,35). The Morgan fingerprint density at radius 1 is 1.02 bits per heavy atom. The van der Waals surface area contributed by atoms with Crippen molar-refractivity contribution in [3.8, 4) is 16.3 Å². The Morgan fingerprint density at radius 2 is 1.85 bits per heavy atom. The number of aryl methyl sites for hydroxylation is 1. The highest BCUT2D eigenvalue weighted by Crippen LogP contribution is 2.39. The number of ether oxygens (including phenoxy) is 2. The minimum Gasteiger partial charge on any atom is -0.497 e. The van der Waals surface area contributed by atoms with Gasteiger partial charge in [-0.05, 0) is 41.8 Å². The van der Waals surface area contributed by atoms with Gasteiger partial charge in [-0.3, -0.25) is 5.10 Å². The lowest BCUT2D eigenvalue weighted by Crippen LogP contribution is -2.27. The summed E-state index contributed by atoms with van der Waals surface area (Å²) in [5, 5.41) is 7.14. The number of aromatic amines is 1. The van der Waals surface area contributed by atoms with E-state index in [1.807, 2.05) is 43.4 Å². The number of aromatic nitrogens is 5. The van der Waals surface area contributed by atoms with Crippen molar-refractivity contribution in [2.45, 2.75) is 19.6 Å². The molecular formula is C30H31N7O2S. The zero-order chi connectivity index (χ0) is 27.5. The summed E-state index contributed by atoms with van der Waals surface area (Å²) >= 11 is 1.66. The predicted octanol–water partition coefficient (Wildman–Crippen LogP) is 5.78. The van der Waals surface area contributed by atoms with E-state index in [2.05, 4.69) is 50.0 Å². The van der Waals surface area contributed by atoms with E-state index in [0.29, 0.717) is 31.1 Å². The van der Waals surface area contributed by atoms with Crippen LogP contribution in [0.25, 0.3) is 31.8 Å². The van der Waals surface area contributed by atoms with Gasteiger partial charge in [0.2, 0.25) is 5.95 Å². The summed E-state index contributed by atoms with van der Waals surface area (Å²) in [6.45, 7) is 2.69. The molecule has 6 aromatic rings. The molecule has 204 valence electrons. The van der Waals surface area contributed by atoms with Crippen LogP contribution in [0.1, 0.15) is 17.5 Å². The minimum atomic E-state index is 0.425. The average Bonchev–Trinajstić information content (AvgIpc) is 3.73. The molecule has 4 aromatic heterocycles. The van der Waals surface area contributed by atoms with Gasteiger partial charge in [-0.25, -0.2) is 9.97 Å². The van der Waals surface area contributed by atoms with Gasteiger partial charge < -0.3 is 24.7 Å². The molecule has 2 aromatic carbocycles. The molecular weight excluding hydrogens is 522 g/mol. The highest BCUT2D eigenvalue weighted by atomic mass is 32.1. The number of benzene rings is 2. The van der Waals surface area contributed by atoms with Gasteiger partial charge in [0.25, 0.3) is 0 Å². The third-order valence-electron chi connectivity index (χ3n) is 6.89. The van der Waals surface area contributed by atoms with Crippen molar-refractivity contribution < 1.29 is 9.47 Å². The fourth-order valence-corrected chi connectivity index (χ4v) is 6.03.